The zero-order valence-corrected chi connectivity index (χ0v) is 11.6. The van der Waals surface area contributed by atoms with Gasteiger partial charge in [-0.2, -0.15) is 0 Å². The predicted molar refractivity (Wildman–Crippen MR) is 78.5 cm³/mol. The van der Waals surface area contributed by atoms with E-state index in [1.54, 1.807) is 0 Å². The summed E-state index contributed by atoms with van der Waals surface area (Å²) < 4.78 is 5.72. The van der Waals surface area contributed by atoms with Gasteiger partial charge in [0, 0.05) is 5.02 Å². The number of aliphatic hydroxyl groups is 1. The molecule has 0 aromatic heterocycles. The Bertz CT molecular complexity index is 558. The highest BCUT2D eigenvalue weighted by Crippen LogP contribution is 2.27. The standard InChI is InChI=1S/C16H16ClNO2/c17-13-8-6-12(7-9-13)16-18-14(10-20-16)15(19)11-4-2-1-3-5-11/h1-9,14-16,18-19H,10H2/t14-,15?,16-/m0/s1. The molecule has 3 atom stereocenters. The number of nitrogens with one attached hydrogen (secondary N) is 1. The number of rotatable bonds is 3. The number of hydrogen-bond acceptors (Lipinski definition) is 3. The molecule has 1 fully saturated rings. The summed E-state index contributed by atoms with van der Waals surface area (Å²) in [5.41, 5.74) is 1.91. The van der Waals surface area contributed by atoms with Gasteiger partial charge < -0.3 is 9.84 Å². The first-order valence-electron chi connectivity index (χ1n) is 6.60. The van der Waals surface area contributed by atoms with E-state index in [-0.39, 0.29) is 12.3 Å². The molecular formula is C16H16ClNO2. The van der Waals surface area contributed by atoms with Crippen molar-refractivity contribution < 1.29 is 9.84 Å². The van der Waals surface area contributed by atoms with Gasteiger partial charge in [0.2, 0.25) is 0 Å². The fourth-order valence-electron chi connectivity index (χ4n) is 2.39. The van der Waals surface area contributed by atoms with Gasteiger partial charge in [0.05, 0.1) is 18.8 Å². The van der Waals surface area contributed by atoms with Crippen LogP contribution in [0.3, 0.4) is 0 Å². The van der Waals surface area contributed by atoms with E-state index in [0.717, 1.165) is 11.1 Å². The highest BCUT2D eigenvalue weighted by Gasteiger charge is 2.31. The maximum atomic E-state index is 10.4. The summed E-state index contributed by atoms with van der Waals surface area (Å²) in [6.45, 7) is 0.476. The highest BCUT2D eigenvalue weighted by molar-refractivity contribution is 6.30. The molecule has 0 saturated carbocycles. The molecule has 1 unspecified atom stereocenters. The lowest BCUT2D eigenvalue weighted by Crippen LogP contribution is -2.32. The predicted octanol–water partition coefficient (Wildman–Crippen LogP) is 3.06. The van der Waals surface area contributed by atoms with E-state index >= 15 is 0 Å². The highest BCUT2D eigenvalue weighted by atomic mass is 35.5. The second-order valence-electron chi connectivity index (χ2n) is 4.89. The van der Waals surface area contributed by atoms with Gasteiger partial charge in [-0.25, -0.2) is 0 Å². The third-order valence-electron chi connectivity index (χ3n) is 3.50. The summed E-state index contributed by atoms with van der Waals surface area (Å²) in [4.78, 5) is 0. The van der Waals surface area contributed by atoms with Crippen LogP contribution in [0.1, 0.15) is 23.5 Å². The molecule has 0 bridgehead atoms. The Morgan fingerprint density at radius 3 is 2.50 bits per heavy atom. The lowest BCUT2D eigenvalue weighted by Gasteiger charge is -2.18. The summed E-state index contributed by atoms with van der Waals surface area (Å²) in [6, 6.07) is 17.0. The monoisotopic (exact) mass is 289 g/mol. The molecule has 1 aliphatic rings. The fraction of sp³-hybridized carbons (Fsp3) is 0.250. The minimum Gasteiger partial charge on any atom is -0.387 e. The first kappa shape index (κ1) is 13.6. The van der Waals surface area contributed by atoms with Crippen LogP contribution in [0.5, 0.6) is 0 Å². The van der Waals surface area contributed by atoms with Crippen LogP contribution >= 0.6 is 11.6 Å². The first-order valence-corrected chi connectivity index (χ1v) is 6.98. The quantitative estimate of drug-likeness (QED) is 0.912. The molecule has 2 N–H and O–H groups in total. The maximum Gasteiger partial charge on any atom is 0.134 e. The second kappa shape index (κ2) is 5.94. The molecule has 1 aliphatic heterocycles. The Labute approximate surface area is 123 Å². The van der Waals surface area contributed by atoms with Gasteiger partial charge in [0.15, 0.2) is 0 Å². The van der Waals surface area contributed by atoms with E-state index in [1.165, 1.54) is 0 Å². The summed E-state index contributed by atoms with van der Waals surface area (Å²) in [6.07, 6.45) is -0.774. The lowest BCUT2D eigenvalue weighted by molar-refractivity contribution is 0.0921. The third-order valence-corrected chi connectivity index (χ3v) is 3.75. The largest absolute Gasteiger partial charge is 0.387 e. The molecule has 0 amide bonds. The summed E-state index contributed by atoms with van der Waals surface area (Å²) in [5.74, 6) is 0. The van der Waals surface area contributed by atoms with Crippen molar-refractivity contribution in [3.05, 3.63) is 70.7 Å². The van der Waals surface area contributed by atoms with Gasteiger partial charge >= 0.3 is 0 Å². The van der Waals surface area contributed by atoms with Gasteiger partial charge in [-0.1, -0.05) is 54.1 Å². The molecule has 2 aromatic carbocycles. The minimum absolute atomic E-state index is 0.113. The molecule has 3 rings (SSSR count). The van der Waals surface area contributed by atoms with Crippen molar-refractivity contribution in [1.82, 2.24) is 5.32 Å². The van der Waals surface area contributed by atoms with Crippen LogP contribution in [-0.4, -0.2) is 17.8 Å². The molecule has 0 spiro atoms. The van der Waals surface area contributed by atoms with Crippen molar-refractivity contribution in [3.8, 4) is 0 Å². The Morgan fingerprint density at radius 1 is 1.10 bits per heavy atom. The number of benzene rings is 2. The van der Waals surface area contributed by atoms with Gasteiger partial charge in [0.1, 0.15) is 6.23 Å². The van der Waals surface area contributed by atoms with E-state index in [1.807, 2.05) is 54.6 Å². The average Bonchev–Trinajstić information content (AvgIpc) is 2.98. The molecule has 2 aromatic rings. The van der Waals surface area contributed by atoms with Gasteiger partial charge in [-0.3, -0.25) is 5.32 Å². The maximum absolute atomic E-state index is 10.4. The zero-order chi connectivity index (χ0) is 13.9. The van der Waals surface area contributed by atoms with Gasteiger partial charge in [-0.15, -0.1) is 0 Å². The summed E-state index contributed by atoms with van der Waals surface area (Å²) >= 11 is 5.88. The van der Waals surface area contributed by atoms with Crippen molar-refractivity contribution in [1.29, 1.82) is 0 Å². The molecule has 1 saturated heterocycles. The summed E-state index contributed by atoms with van der Waals surface area (Å²) in [5, 5.41) is 14.4. The Hall–Kier alpha value is -1.39. The molecular weight excluding hydrogens is 274 g/mol. The van der Waals surface area contributed by atoms with E-state index in [4.69, 9.17) is 16.3 Å². The number of hydrogen-bond donors (Lipinski definition) is 2. The van der Waals surface area contributed by atoms with Crippen LogP contribution in [0.25, 0.3) is 0 Å². The molecule has 4 heteroatoms. The molecule has 104 valence electrons. The Balaban J connectivity index is 1.69. The topological polar surface area (TPSA) is 41.5 Å². The van der Waals surface area contributed by atoms with E-state index in [9.17, 15) is 5.11 Å². The van der Waals surface area contributed by atoms with Crippen LogP contribution in [-0.2, 0) is 4.74 Å². The second-order valence-corrected chi connectivity index (χ2v) is 5.33. The fourth-order valence-corrected chi connectivity index (χ4v) is 2.51. The Morgan fingerprint density at radius 2 is 1.80 bits per heavy atom. The van der Waals surface area contributed by atoms with E-state index in [0.29, 0.717) is 11.6 Å². The lowest BCUT2D eigenvalue weighted by atomic mass is 10.0. The number of ether oxygens (including phenoxy) is 1. The Kier molecular flexibility index (Phi) is 4.03. The normalized spacial score (nSPS) is 23.7. The third kappa shape index (κ3) is 2.86. The van der Waals surface area contributed by atoms with Crippen molar-refractivity contribution in [2.75, 3.05) is 6.61 Å². The number of aliphatic hydroxyl groups excluding tert-OH is 1. The molecule has 3 nitrogen and oxygen atoms in total. The van der Waals surface area contributed by atoms with Crippen molar-refractivity contribution >= 4 is 11.6 Å². The van der Waals surface area contributed by atoms with Crippen molar-refractivity contribution in [3.63, 3.8) is 0 Å². The summed E-state index contributed by atoms with van der Waals surface area (Å²) in [7, 11) is 0. The van der Waals surface area contributed by atoms with E-state index < -0.39 is 6.10 Å². The SMILES string of the molecule is OC(c1ccccc1)[C@@H]1CO[C@@H](c2ccc(Cl)cc2)N1. The molecule has 1 heterocycles. The molecule has 20 heavy (non-hydrogen) atoms. The van der Waals surface area contributed by atoms with Crippen LogP contribution in [0, 0.1) is 0 Å². The first-order chi connectivity index (χ1) is 9.74. The van der Waals surface area contributed by atoms with E-state index in [2.05, 4.69) is 5.32 Å². The van der Waals surface area contributed by atoms with Crippen molar-refractivity contribution in [2.24, 2.45) is 0 Å². The number of halogens is 1. The molecule has 0 aliphatic carbocycles. The van der Waals surface area contributed by atoms with Crippen molar-refractivity contribution in [2.45, 2.75) is 18.4 Å². The van der Waals surface area contributed by atoms with Gasteiger partial charge in [-0.05, 0) is 23.3 Å². The zero-order valence-electron chi connectivity index (χ0n) is 10.9. The van der Waals surface area contributed by atoms with Crippen LogP contribution in [0.4, 0.5) is 0 Å². The van der Waals surface area contributed by atoms with Crippen LogP contribution in [0.15, 0.2) is 54.6 Å². The molecule has 0 radical (unpaired) electrons. The van der Waals surface area contributed by atoms with Crippen LogP contribution < -0.4 is 5.32 Å². The average molecular weight is 290 g/mol. The minimum atomic E-state index is -0.575. The van der Waals surface area contributed by atoms with Crippen LogP contribution in [0.2, 0.25) is 5.02 Å². The van der Waals surface area contributed by atoms with Gasteiger partial charge in [0.25, 0.3) is 0 Å². The smallest absolute Gasteiger partial charge is 0.134 e.